The molecule has 0 amide bonds. The Kier molecular flexibility index (Phi) is 2.78. The summed E-state index contributed by atoms with van der Waals surface area (Å²) in [4.78, 5) is 0. The van der Waals surface area contributed by atoms with Crippen LogP contribution in [0.2, 0.25) is 0 Å². The minimum absolute atomic E-state index is 0.214. The maximum absolute atomic E-state index is 8.99. The van der Waals surface area contributed by atoms with E-state index in [2.05, 4.69) is 10.6 Å². The zero-order valence-corrected chi connectivity index (χ0v) is 6.24. The normalized spacial score (nSPS) is 36.7. The molecule has 1 heterocycles. The topological polar surface area (TPSA) is 44.3 Å². The molecule has 0 unspecified atom stereocenters. The summed E-state index contributed by atoms with van der Waals surface area (Å²) in [5.74, 6) is 0. The average molecular weight is 148 g/mol. The summed E-state index contributed by atoms with van der Waals surface area (Å²) in [5, 5.41) is 15.2. The molecule has 1 aliphatic heterocycles. The highest BCUT2D eigenvalue weighted by molar-refractivity contribution is 7.99. The van der Waals surface area contributed by atoms with Gasteiger partial charge in [0, 0.05) is 13.1 Å². The number of aliphatic hydroxyl groups excluding tert-OH is 1. The van der Waals surface area contributed by atoms with Crippen molar-refractivity contribution in [2.75, 3.05) is 19.3 Å². The number of hydrogen-bond donors (Lipinski definition) is 3. The Labute approximate surface area is 59.2 Å². The molecule has 1 rings (SSSR count). The fourth-order valence-corrected chi connectivity index (χ4v) is 1.32. The SMILES string of the molecule is CSC1NCC(O)CN1. The van der Waals surface area contributed by atoms with Gasteiger partial charge < -0.3 is 5.11 Å². The molecule has 9 heavy (non-hydrogen) atoms. The third kappa shape index (κ3) is 2.14. The van der Waals surface area contributed by atoms with Crippen LogP contribution in [0.15, 0.2) is 0 Å². The largest absolute Gasteiger partial charge is 0.390 e. The lowest BCUT2D eigenvalue weighted by molar-refractivity contribution is 0.144. The number of β-amino-alcohol motifs (C(OH)–C–C–N with tert-alkyl or cyclic N) is 1. The third-order valence-corrected chi connectivity index (χ3v) is 2.12. The van der Waals surface area contributed by atoms with Crippen molar-refractivity contribution in [3.8, 4) is 0 Å². The van der Waals surface area contributed by atoms with Gasteiger partial charge in [-0.2, -0.15) is 0 Å². The van der Waals surface area contributed by atoms with Crippen molar-refractivity contribution in [2.24, 2.45) is 0 Å². The first-order chi connectivity index (χ1) is 4.33. The van der Waals surface area contributed by atoms with Crippen LogP contribution in [0, 0.1) is 0 Å². The van der Waals surface area contributed by atoms with Crippen molar-refractivity contribution in [2.45, 2.75) is 11.6 Å². The molecule has 54 valence electrons. The fraction of sp³-hybridized carbons (Fsp3) is 1.00. The van der Waals surface area contributed by atoms with E-state index < -0.39 is 0 Å². The van der Waals surface area contributed by atoms with E-state index in [9.17, 15) is 0 Å². The molecule has 0 aromatic heterocycles. The second kappa shape index (κ2) is 3.41. The second-order valence-electron chi connectivity index (χ2n) is 2.09. The molecule has 3 nitrogen and oxygen atoms in total. The van der Waals surface area contributed by atoms with E-state index in [1.807, 2.05) is 6.26 Å². The smallest absolute Gasteiger partial charge is 0.105 e. The molecular formula is C5H12N2OS. The van der Waals surface area contributed by atoms with Crippen molar-refractivity contribution in [3.63, 3.8) is 0 Å². The van der Waals surface area contributed by atoms with Crippen LogP contribution in [0.25, 0.3) is 0 Å². The maximum Gasteiger partial charge on any atom is 0.105 e. The van der Waals surface area contributed by atoms with Gasteiger partial charge in [0.2, 0.25) is 0 Å². The molecular weight excluding hydrogens is 136 g/mol. The number of rotatable bonds is 1. The molecule has 0 bridgehead atoms. The van der Waals surface area contributed by atoms with Gasteiger partial charge in [-0.3, -0.25) is 10.6 Å². The maximum atomic E-state index is 8.99. The predicted molar refractivity (Wildman–Crippen MR) is 39.3 cm³/mol. The van der Waals surface area contributed by atoms with Gasteiger partial charge in [-0.15, -0.1) is 11.8 Å². The van der Waals surface area contributed by atoms with Crippen LogP contribution in [-0.2, 0) is 0 Å². The van der Waals surface area contributed by atoms with E-state index in [-0.39, 0.29) is 6.10 Å². The summed E-state index contributed by atoms with van der Waals surface area (Å²) in [7, 11) is 0. The summed E-state index contributed by atoms with van der Waals surface area (Å²) < 4.78 is 0. The van der Waals surface area contributed by atoms with Crippen molar-refractivity contribution in [3.05, 3.63) is 0 Å². The summed E-state index contributed by atoms with van der Waals surface area (Å²) >= 11 is 1.71. The van der Waals surface area contributed by atoms with Crippen LogP contribution in [0.5, 0.6) is 0 Å². The van der Waals surface area contributed by atoms with Gasteiger partial charge in [0.15, 0.2) is 0 Å². The van der Waals surface area contributed by atoms with Gasteiger partial charge >= 0.3 is 0 Å². The molecule has 1 fully saturated rings. The van der Waals surface area contributed by atoms with Gasteiger partial charge in [0.1, 0.15) is 5.50 Å². The second-order valence-corrected chi connectivity index (χ2v) is 3.03. The highest BCUT2D eigenvalue weighted by atomic mass is 32.2. The Hall–Kier alpha value is 0.230. The Morgan fingerprint density at radius 3 is 2.44 bits per heavy atom. The van der Waals surface area contributed by atoms with Crippen LogP contribution in [0.1, 0.15) is 0 Å². The molecule has 1 saturated heterocycles. The molecule has 0 aliphatic carbocycles. The summed E-state index contributed by atoms with van der Waals surface area (Å²) in [6, 6.07) is 0. The minimum Gasteiger partial charge on any atom is -0.390 e. The third-order valence-electron chi connectivity index (χ3n) is 1.31. The molecule has 0 saturated carbocycles. The average Bonchev–Trinajstić information content (AvgIpc) is 1.90. The van der Waals surface area contributed by atoms with E-state index >= 15 is 0 Å². The Morgan fingerprint density at radius 1 is 1.44 bits per heavy atom. The van der Waals surface area contributed by atoms with E-state index in [0.29, 0.717) is 18.6 Å². The van der Waals surface area contributed by atoms with E-state index in [1.165, 1.54) is 0 Å². The minimum atomic E-state index is -0.214. The van der Waals surface area contributed by atoms with Crippen LogP contribution >= 0.6 is 11.8 Å². The molecule has 1 aliphatic rings. The zero-order valence-electron chi connectivity index (χ0n) is 5.42. The number of hydrogen-bond acceptors (Lipinski definition) is 4. The zero-order chi connectivity index (χ0) is 6.69. The van der Waals surface area contributed by atoms with Crippen molar-refractivity contribution in [1.82, 2.24) is 10.6 Å². The quantitative estimate of drug-likeness (QED) is 0.455. The first-order valence-corrected chi connectivity index (χ1v) is 4.29. The van der Waals surface area contributed by atoms with Crippen LogP contribution in [-0.4, -0.2) is 36.1 Å². The van der Waals surface area contributed by atoms with Gasteiger partial charge in [-0.25, -0.2) is 0 Å². The summed E-state index contributed by atoms with van der Waals surface area (Å²) in [5.41, 5.74) is 0.327. The first kappa shape index (κ1) is 7.34. The van der Waals surface area contributed by atoms with E-state index in [4.69, 9.17) is 5.11 Å². The highest BCUT2D eigenvalue weighted by Gasteiger charge is 2.15. The number of thioether (sulfide) groups is 1. The highest BCUT2D eigenvalue weighted by Crippen LogP contribution is 2.01. The Bertz CT molecular complexity index is 83.0. The van der Waals surface area contributed by atoms with E-state index in [1.54, 1.807) is 11.8 Å². The van der Waals surface area contributed by atoms with Crippen LogP contribution in [0.4, 0.5) is 0 Å². The van der Waals surface area contributed by atoms with Crippen molar-refractivity contribution in [1.29, 1.82) is 0 Å². The Balaban J connectivity index is 2.18. The first-order valence-electron chi connectivity index (χ1n) is 3.00. The van der Waals surface area contributed by atoms with Gasteiger partial charge in [-0.05, 0) is 6.26 Å². The van der Waals surface area contributed by atoms with Gasteiger partial charge in [-0.1, -0.05) is 0 Å². The summed E-state index contributed by atoms with van der Waals surface area (Å²) in [6.07, 6.45) is 1.82. The van der Waals surface area contributed by atoms with Crippen LogP contribution < -0.4 is 10.6 Å². The number of nitrogens with one attached hydrogen (secondary N) is 2. The molecule has 0 aromatic rings. The molecule has 0 atom stereocenters. The number of aliphatic hydroxyl groups is 1. The molecule has 0 aromatic carbocycles. The molecule has 0 spiro atoms. The van der Waals surface area contributed by atoms with Crippen LogP contribution in [0.3, 0.4) is 0 Å². The fourth-order valence-electron chi connectivity index (χ4n) is 0.797. The molecule has 4 heteroatoms. The van der Waals surface area contributed by atoms with Crippen molar-refractivity contribution >= 4 is 11.8 Å². The lowest BCUT2D eigenvalue weighted by atomic mass is 10.3. The van der Waals surface area contributed by atoms with Gasteiger partial charge in [0.05, 0.1) is 6.10 Å². The van der Waals surface area contributed by atoms with Gasteiger partial charge in [0.25, 0.3) is 0 Å². The molecule has 3 N–H and O–H groups in total. The predicted octanol–water partition coefficient (Wildman–Crippen LogP) is -0.813. The summed E-state index contributed by atoms with van der Waals surface area (Å²) in [6.45, 7) is 1.41. The molecule has 0 radical (unpaired) electrons. The lowest BCUT2D eigenvalue weighted by Gasteiger charge is -2.26. The van der Waals surface area contributed by atoms with E-state index in [0.717, 1.165) is 0 Å². The Morgan fingerprint density at radius 2 is 2.00 bits per heavy atom. The standard InChI is InChI=1S/C5H12N2OS/c1-9-5-6-2-4(8)3-7-5/h4-8H,2-3H2,1H3. The monoisotopic (exact) mass is 148 g/mol. The lowest BCUT2D eigenvalue weighted by Crippen LogP contribution is -2.53. The van der Waals surface area contributed by atoms with Crippen molar-refractivity contribution < 1.29 is 5.11 Å².